The fourth-order valence-corrected chi connectivity index (χ4v) is 5.10. The Labute approximate surface area is 206 Å². The summed E-state index contributed by atoms with van der Waals surface area (Å²) in [4.78, 5) is 4.53. The van der Waals surface area contributed by atoms with E-state index in [-0.39, 0.29) is 12.0 Å². The van der Waals surface area contributed by atoms with E-state index < -0.39 is 10.0 Å². The molecule has 3 heterocycles. The van der Waals surface area contributed by atoms with Crippen molar-refractivity contribution >= 4 is 21.7 Å². The molecule has 2 aromatic heterocycles. The van der Waals surface area contributed by atoms with Crippen LogP contribution in [0.4, 0.5) is 11.6 Å². The number of nitrogens with zero attached hydrogens (tertiary/aromatic N) is 4. The summed E-state index contributed by atoms with van der Waals surface area (Å²) in [6, 6.07) is 13.8. The number of pyridine rings is 1. The van der Waals surface area contributed by atoms with Crippen LogP contribution in [-0.4, -0.2) is 50.0 Å². The molecule has 1 saturated carbocycles. The van der Waals surface area contributed by atoms with Gasteiger partial charge in [0.05, 0.1) is 12.3 Å². The van der Waals surface area contributed by atoms with E-state index in [2.05, 4.69) is 44.9 Å². The number of hydrogen-bond acceptors (Lipinski definition) is 8. The monoisotopic (exact) mass is 496 g/mol. The number of sulfonamides is 1. The van der Waals surface area contributed by atoms with Crippen LogP contribution in [0.2, 0.25) is 0 Å². The Kier molecular flexibility index (Phi) is 6.50. The molecule has 2 aliphatic rings. The smallest absolute Gasteiger partial charge is 0.248 e. The van der Waals surface area contributed by atoms with Crippen LogP contribution in [0.1, 0.15) is 49.6 Å². The maximum atomic E-state index is 12.2. The molecule has 9 nitrogen and oxygen atoms in total. The fraction of sp³-hybridized carbons (Fsp3) is 0.480. The molecule has 0 amide bonds. The van der Waals surface area contributed by atoms with Gasteiger partial charge in [0.15, 0.2) is 0 Å². The van der Waals surface area contributed by atoms with Crippen molar-refractivity contribution in [2.24, 2.45) is 11.8 Å². The maximum Gasteiger partial charge on any atom is 0.248 e. The van der Waals surface area contributed by atoms with Crippen LogP contribution < -0.4 is 14.9 Å². The largest absolute Gasteiger partial charge is 0.419 e. The van der Waals surface area contributed by atoms with Crippen molar-refractivity contribution in [3.63, 3.8) is 0 Å². The fourth-order valence-electron chi connectivity index (χ4n) is 4.66. The first-order chi connectivity index (χ1) is 16.8. The van der Waals surface area contributed by atoms with Gasteiger partial charge >= 0.3 is 0 Å². The van der Waals surface area contributed by atoms with E-state index >= 15 is 0 Å². The summed E-state index contributed by atoms with van der Waals surface area (Å²) in [5.41, 5.74) is 1.87. The molecule has 4 atom stereocenters. The van der Waals surface area contributed by atoms with Gasteiger partial charge in [-0.25, -0.2) is 13.4 Å². The SMILES string of the molecule is C[C@H]1C[C@@H]1CNc1cc(-c2nnc([C@@H]3NCCC[C@@H]3c3ccccc3)o2)cc(N(C)S(C)(=O)=O)n1. The van der Waals surface area contributed by atoms with Gasteiger partial charge in [0.2, 0.25) is 21.8 Å². The van der Waals surface area contributed by atoms with Gasteiger partial charge in [0.25, 0.3) is 0 Å². The van der Waals surface area contributed by atoms with Gasteiger partial charge in [-0.15, -0.1) is 10.2 Å². The zero-order chi connectivity index (χ0) is 24.6. The van der Waals surface area contributed by atoms with E-state index in [1.54, 1.807) is 6.07 Å². The normalized spacial score (nSPS) is 24.2. The van der Waals surface area contributed by atoms with E-state index in [9.17, 15) is 8.42 Å². The Bertz CT molecular complexity index is 1280. The van der Waals surface area contributed by atoms with Crippen molar-refractivity contribution in [2.45, 2.75) is 38.1 Å². The molecule has 10 heteroatoms. The second-order valence-electron chi connectivity index (χ2n) is 9.72. The standard InChI is InChI=1S/C25H32N6O3S/c1-16-12-19(16)15-27-21-13-18(14-22(28-21)31(2)35(3,32)33)24-29-30-25(34-24)23-20(10-7-11-26-23)17-8-5-4-6-9-17/h4-6,8-9,13-14,16,19-20,23,26H,7,10-12,15H2,1-3H3,(H,27,28)/t16-,19+,20+,23+/m0/s1. The van der Waals surface area contributed by atoms with Crippen LogP contribution >= 0.6 is 0 Å². The summed E-state index contributed by atoms with van der Waals surface area (Å²) in [7, 11) is -1.99. The van der Waals surface area contributed by atoms with Crippen molar-refractivity contribution in [1.29, 1.82) is 0 Å². The van der Waals surface area contributed by atoms with Gasteiger partial charge in [-0.2, -0.15) is 0 Å². The molecule has 2 fully saturated rings. The number of nitrogens with one attached hydrogen (secondary N) is 2. The van der Waals surface area contributed by atoms with Crippen LogP contribution in [0, 0.1) is 11.8 Å². The predicted molar refractivity (Wildman–Crippen MR) is 136 cm³/mol. The van der Waals surface area contributed by atoms with Gasteiger partial charge < -0.3 is 15.1 Å². The predicted octanol–water partition coefficient (Wildman–Crippen LogP) is 3.80. The summed E-state index contributed by atoms with van der Waals surface area (Å²) >= 11 is 0. The van der Waals surface area contributed by atoms with Crippen LogP contribution in [0.15, 0.2) is 46.9 Å². The average Bonchev–Trinajstić information content (AvgIpc) is 3.35. The molecular weight excluding hydrogens is 464 g/mol. The van der Waals surface area contributed by atoms with E-state index in [1.165, 1.54) is 19.0 Å². The minimum Gasteiger partial charge on any atom is -0.419 e. The van der Waals surface area contributed by atoms with Crippen LogP contribution in [0.5, 0.6) is 0 Å². The van der Waals surface area contributed by atoms with E-state index in [4.69, 9.17) is 4.42 Å². The number of hydrogen-bond donors (Lipinski definition) is 2. The third kappa shape index (κ3) is 5.33. The van der Waals surface area contributed by atoms with E-state index in [0.717, 1.165) is 36.5 Å². The number of benzene rings is 1. The highest BCUT2D eigenvalue weighted by Gasteiger charge is 2.33. The molecule has 5 rings (SSSR count). The van der Waals surface area contributed by atoms with Crippen molar-refractivity contribution in [1.82, 2.24) is 20.5 Å². The highest BCUT2D eigenvalue weighted by Crippen LogP contribution is 2.39. The Morgan fingerprint density at radius 3 is 2.69 bits per heavy atom. The molecule has 35 heavy (non-hydrogen) atoms. The minimum atomic E-state index is -3.48. The maximum absolute atomic E-state index is 12.2. The Balaban J connectivity index is 1.45. The summed E-state index contributed by atoms with van der Waals surface area (Å²) in [5.74, 6) is 3.30. The third-order valence-electron chi connectivity index (χ3n) is 7.09. The van der Waals surface area contributed by atoms with E-state index in [1.807, 2.05) is 24.3 Å². The molecule has 2 N–H and O–H groups in total. The zero-order valence-electron chi connectivity index (χ0n) is 20.3. The number of rotatable bonds is 8. The number of aromatic nitrogens is 3. The summed E-state index contributed by atoms with van der Waals surface area (Å²) in [6.07, 6.45) is 4.46. The van der Waals surface area contributed by atoms with E-state index in [0.29, 0.717) is 40.8 Å². The first-order valence-electron chi connectivity index (χ1n) is 12.1. The quantitative estimate of drug-likeness (QED) is 0.484. The second-order valence-corrected chi connectivity index (χ2v) is 11.7. The minimum absolute atomic E-state index is 0.0821. The molecule has 0 spiro atoms. The molecule has 1 saturated heterocycles. The molecular formula is C25H32N6O3S. The molecule has 1 aliphatic heterocycles. The average molecular weight is 497 g/mol. The lowest BCUT2D eigenvalue weighted by atomic mass is 9.85. The van der Waals surface area contributed by atoms with Gasteiger partial charge in [-0.1, -0.05) is 37.3 Å². The van der Waals surface area contributed by atoms with Gasteiger partial charge in [-0.05, 0) is 55.3 Å². The first kappa shape index (κ1) is 23.7. The summed E-state index contributed by atoms with van der Waals surface area (Å²) in [6.45, 7) is 3.90. The summed E-state index contributed by atoms with van der Waals surface area (Å²) in [5, 5.41) is 15.6. The van der Waals surface area contributed by atoms with Gasteiger partial charge in [0.1, 0.15) is 11.6 Å². The molecule has 3 aromatic rings. The molecule has 1 aromatic carbocycles. The number of piperidine rings is 1. The highest BCUT2D eigenvalue weighted by molar-refractivity contribution is 7.92. The van der Waals surface area contributed by atoms with Crippen molar-refractivity contribution in [3.05, 3.63) is 53.9 Å². The Morgan fingerprint density at radius 1 is 1.20 bits per heavy atom. The molecule has 0 bridgehead atoms. The molecule has 0 radical (unpaired) electrons. The van der Waals surface area contributed by atoms with Crippen molar-refractivity contribution < 1.29 is 12.8 Å². The van der Waals surface area contributed by atoms with Gasteiger partial charge in [-0.3, -0.25) is 4.31 Å². The van der Waals surface area contributed by atoms with Crippen molar-refractivity contribution in [3.8, 4) is 11.5 Å². The van der Waals surface area contributed by atoms with Gasteiger partial charge in [0, 0.05) is 25.1 Å². The van der Waals surface area contributed by atoms with Crippen LogP contribution in [0.3, 0.4) is 0 Å². The Morgan fingerprint density at radius 2 is 1.97 bits per heavy atom. The van der Waals surface area contributed by atoms with Crippen LogP contribution in [-0.2, 0) is 10.0 Å². The third-order valence-corrected chi connectivity index (χ3v) is 8.28. The Hall–Kier alpha value is -2.98. The molecule has 0 unspecified atom stereocenters. The topological polar surface area (TPSA) is 113 Å². The van der Waals surface area contributed by atoms with Crippen molar-refractivity contribution in [2.75, 3.05) is 36.0 Å². The highest BCUT2D eigenvalue weighted by atomic mass is 32.2. The number of anilines is 2. The molecule has 1 aliphatic carbocycles. The lowest BCUT2D eigenvalue weighted by Gasteiger charge is -2.30. The lowest BCUT2D eigenvalue weighted by molar-refractivity contribution is 0.303. The zero-order valence-corrected chi connectivity index (χ0v) is 21.1. The second kappa shape index (κ2) is 9.58. The first-order valence-corrected chi connectivity index (χ1v) is 14.0. The molecule has 186 valence electrons. The summed E-state index contributed by atoms with van der Waals surface area (Å²) < 4.78 is 31.7. The lowest BCUT2D eigenvalue weighted by Crippen LogP contribution is -2.33. The van der Waals surface area contributed by atoms with Crippen LogP contribution in [0.25, 0.3) is 11.5 Å².